The number of rotatable bonds is 4. The highest BCUT2D eigenvalue weighted by Crippen LogP contribution is 2.30. The van der Waals surface area contributed by atoms with E-state index in [1.165, 1.54) is 19.3 Å². The van der Waals surface area contributed by atoms with Gasteiger partial charge in [0.1, 0.15) is 0 Å². The molecule has 0 aromatic carbocycles. The van der Waals surface area contributed by atoms with Crippen LogP contribution in [-0.4, -0.2) is 24.2 Å². The van der Waals surface area contributed by atoms with Crippen molar-refractivity contribution < 1.29 is 4.79 Å². The molecule has 0 radical (unpaired) electrons. The fourth-order valence-corrected chi connectivity index (χ4v) is 2.57. The Labute approximate surface area is 98.9 Å². The number of carbonyl (C=O) groups excluding carboxylic acids is 1. The van der Waals surface area contributed by atoms with Crippen LogP contribution in [0.15, 0.2) is 5.10 Å². The normalized spacial score (nSPS) is 31.3. The van der Waals surface area contributed by atoms with Gasteiger partial charge < -0.3 is 0 Å². The van der Waals surface area contributed by atoms with Crippen molar-refractivity contribution in [3.8, 4) is 0 Å². The van der Waals surface area contributed by atoms with Crippen LogP contribution in [0, 0.1) is 17.8 Å². The second-order valence-corrected chi connectivity index (χ2v) is 5.08. The van der Waals surface area contributed by atoms with Crippen molar-refractivity contribution >= 4 is 12.6 Å². The van der Waals surface area contributed by atoms with Gasteiger partial charge >= 0.3 is 0 Å². The topological polar surface area (TPSA) is 32.7 Å². The van der Waals surface area contributed by atoms with Crippen molar-refractivity contribution in [3.63, 3.8) is 0 Å². The smallest absolute Gasteiger partial charge is 0.245 e. The fraction of sp³-hybridized carbons (Fsp3) is 0.846. The molecule has 3 nitrogen and oxygen atoms in total. The predicted molar refractivity (Wildman–Crippen MR) is 67.2 cm³/mol. The Hall–Kier alpha value is -0.860. The zero-order chi connectivity index (χ0) is 12.1. The minimum Gasteiger partial charge on any atom is -0.273 e. The molecule has 1 saturated heterocycles. The minimum absolute atomic E-state index is 0.0899. The van der Waals surface area contributed by atoms with Crippen LogP contribution < -0.4 is 0 Å². The van der Waals surface area contributed by atoms with Gasteiger partial charge in [-0.3, -0.25) is 4.79 Å². The molecule has 3 unspecified atom stereocenters. The molecule has 16 heavy (non-hydrogen) atoms. The monoisotopic (exact) mass is 224 g/mol. The molecule has 3 heteroatoms. The first kappa shape index (κ1) is 13.2. The molecule has 1 heterocycles. The van der Waals surface area contributed by atoms with Gasteiger partial charge in [0, 0.05) is 19.2 Å². The number of carbonyl (C=O) groups is 1. The van der Waals surface area contributed by atoms with Crippen LogP contribution in [0.1, 0.15) is 46.5 Å². The number of nitrogens with zero attached hydrogens (tertiary/aromatic N) is 2. The summed E-state index contributed by atoms with van der Waals surface area (Å²) < 4.78 is 0. The van der Waals surface area contributed by atoms with Gasteiger partial charge in [0.15, 0.2) is 0 Å². The van der Waals surface area contributed by atoms with Crippen LogP contribution in [0.25, 0.3) is 0 Å². The van der Waals surface area contributed by atoms with Crippen LogP contribution in [0.2, 0.25) is 0 Å². The third kappa shape index (κ3) is 3.06. The van der Waals surface area contributed by atoms with E-state index in [9.17, 15) is 4.79 Å². The van der Waals surface area contributed by atoms with Gasteiger partial charge in [0.05, 0.1) is 0 Å². The summed E-state index contributed by atoms with van der Waals surface area (Å²) in [7, 11) is 0. The van der Waals surface area contributed by atoms with Crippen molar-refractivity contribution in [1.82, 2.24) is 5.01 Å². The van der Waals surface area contributed by atoms with Gasteiger partial charge in [-0.25, -0.2) is 5.01 Å². The van der Waals surface area contributed by atoms with Gasteiger partial charge in [-0.1, -0.05) is 33.6 Å². The Morgan fingerprint density at radius 1 is 1.50 bits per heavy atom. The van der Waals surface area contributed by atoms with E-state index < -0.39 is 0 Å². The molecule has 0 saturated carbocycles. The Balaban J connectivity index is 2.71. The Morgan fingerprint density at radius 2 is 2.19 bits per heavy atom. The molecule has 1 rings (SSSR count). The van der Waals surface area contributed by atoms with Crippen LogP contribution >= 0.6 is 0 Å². The van der Waals surface area contributed by atoms with Crippen LogP contribution in [0.4, 0.5) is 0 Å². The molecule has 0 aliphatic carbocycles. The van der Waals surface area contributed by atoms with Gasteiger partial charge in [-0.2, -0.15) is 5.10 Å². The molecule has 0 aromatic rings. The van der Waals surface area contributed by atoms with E-state index in [-0.39, 0.29) is 11.8 Å². The third-order valence-electron chi connectivity index (χ3n) is 3.71. The number of amides is 1. The second-order valence-electron chi connectivity index (χ2n) is 5.08. The first-order valence-corrected chi connectivity index (χ1v) is 6.38. The minimum atomic E-state index is 0.0899. The number of hydrogen-bond acceptors (Lipinski definition) is 2. The summed E-state index contributed by atoms with van der Waals surface area (Å²) in [6, 6.07) is 0. The molecular weight excluding hydrogens is 200 g/mol. The van der Waals surface area contributed by atoms with Gasteiger partial charge in [0.25, 0.3) is 0 Å². The third-order valence-corrected chi connectivity index (χ3v) is 3.71. The Morgan fingerprint density at radius 3 is 2.75 bits per heavy atom. The van der Waals surface area contributed by atoms with Gasteiger partial charge in [0.2, 0.25) is 5.91 Å². The van der Waals surface area contributed by atoms with E-state index in [0.29, 0.717) is 11.8 Å². The molecule has 0 N–H and O–H groups in total. The molecule has 1 fully saturated rings. The van der Waals surface area contributed by atoms with Gasteiger partial charge in [-0.05, 0) is 24.7 Å². The van der Waals surface area contributed by atoms with E-state index in [0.717, 1.165) is 13.0 Å². The summed E-state index contributed by atoms with van der Waals surface area (Å²) in [5, 5.41) is 5.44. The summed E-state index contributed by atoms with van der Waals surface area (Å²) in [4.78, 5) is 11.9. The molecule has 1 aliphatic rings. The van der Waals surface area contributed by atoms with Crippen molar-refractivity contribution in [2.45, 2.75) is 46.5 Å². The van der Waals surface area contributed by atoms with E-state index in [2.05, 4.69) is 25.7 Å². The lowest BCUT2D eigenvalue weighted by molar-refractivity contribution is -0.134. The number of hydrazone groups is 1. The summed E-state index contributed by atoms with van der Waals surface area (Å²) >= 11 is 0. The van der Waals surface area contributed by atoms with Crippen LogP contribution in [-0.2, 0) is 4.79 Å². The zero-order valence-corrected chi connectivity index (χ0v) is 10.8. The second kappa shape index (κ2) is 6.02. The highest BCUT2D eigenvalue weighted by atomic mass is 16.2. The van der Waals surface area contributed by atoms with Crippen LogP contribution in [0.5, 0.6) is 0 Å². The lowest BCUT2D eigenvalue weighted by atomic mass is 9.85. The highest BCUT2D eigenvalue weighted by molar-refractivity contribution is 5.78. The van der Waals surface area contributed by atoms with Crippen molar-refractivity contribution in [2.24, 2.45) is 22.9 Å². The maximum absolute atomic E-state index is 11.9. The lowest BCUT2D eigenvalue weighted by Gasteiger charge is -2.23. The zero-order valence-electron chi connectivity index (χ0n) is 10.8. The molecule has 0 aromatic heterocycles. The standard InChI is InChI=1S/C13H24N2O/c1-5-6-7-12-9-15(14-4)13(16)11(3)8-10(12)2/h10-12H,4-9H2,1-3H3. The first-order chi connectivity index (χ1) is 7.60. The summed E-state index contributed by atoms with van der Waals surface area (Å²) in [5.74, 6) is 1.42. The van der Waals surface area contributed by atoms with E-state index in [4.69, 9.17) is 0 Å². The summed E-state index contributed by atoms with van der Waals surface area (Å²) in [6.07, 6.45) is 4.64. The van der Waals surface area contributed by atoms with Crippen LogP contribution in [0.3, 0.4) is 0 Å². The molecular formula is C13H24N2O. The maximum atomic E-state index is 11.9. The molecule has 92 valence electrons. The molecule has 3 atom stereocenters. The first-order valence-electron chi connectivity index (χ1n) is 6.38. The summed E-state index contributed by atoms with van der Waals surface area (Å²) in [6.45, 7) is 10.7. The van der Waals surface area contributed by atoms with E-state index in [1.807, 2.05) is 6.92 Å². The van der Waals surface area contributed by atoms with E-state index in [1.54, 1.807) is 5.01 Å². The highest BCUT2D eigenvalue weighted by Gasteiger charge is 2.31. The fourth-order valence-electron chi connectivity index (χ4n) is 2.57. The number of hydrogen-bond donors (Lipinski definition) is 0. The molecule has 1 aliphatic heterocycles. The van der Waals surface area contributed by atoms with Crippen molar-refractivity contribution in [1.29, 1.82) is 0 Å². The molecule has 0 bridgehead atoms. The van der Waals surface area contributed by atoms with Gasteiger partial charge in [-0.15, -0.1) is 0 Å². The predicted octanol–water partition coefficient (Wildman–Crippen LogP) is 2.91. The summed E-state index contributed by atoms with van der Waals surface area (Å²) in [5.41, 5.74) is 0. The quantitative estimate of drug-likeness (QED) is 0.676. The van der Waals surface area contributed by atoms with Crippen molar-refractivity contribution in [3.05, 3.63) is 0 Å². The Kier molecular flexibility index (Phi) is 4.97. The SMILES string of the molecule is C=NN1CC(CCCC)C(C)CC(C)C1=O. The lowest BCUT2D eigenvalue weighted by Crippen LogP contribution is -2.31. The van der Waals surface area contributed by atoms with Crippen molar-refractivity contribution in [2.75, 3.05) is 6.54 Å². The largest absolute Gasteiger partial charge is 0.273 e. The average Bonchev–Trinajstić information content (AvgIpc) is 2.37. The average molecular weight is 224 g/mol. The Bertz CT molecular complexity index is 252. The maximum Gasteiger partial charge on any atom is 0.245 e. The van der Waals surface area contributed by atoms with E-state index >= 15 is 0 Å². The number of unbranched alkanes of at least 4 members (excludes halogenated alkanes) is 1. The molecule has 1 amide bonds. The molecule has 0 spiro atoms.